The Balaban J connectivity index is 1.89. The molecule has 0 saturated carbocycles. The molecule has 22 heavy (non-hydrogen) atoms. The first kappa shape index (κ1) is 14.1. The molecule has 3 rings (SSSR count). The molecule has 0 amide bonds. The van der Waals surface area contributed by atoms with Crippen LogP contribution in [-0.4, -0.2) is 10.2 Å². The van der Waals surface area contributed by atoms with E-state index < -0.39 is 11.7 Å². The topological polar surface area (TPSA) is 64.9 Å². The molecule has 7 heteroatoms. The average Bonchev–Trinajstić information content (AvgIpc) is 2.97. The highest BCUT2D eigenvalue weighted by molar-refractivity contribution is 5.60. The van der Waals surface area contributed by atoms with Crippen molar-refractivity contribution >= 4 is 5.69 Å². The Kier molecular flexibility index (Phi) is 3.32. The van der Waals surface area contributed by atoms with Crippen LogP contribution >= 0.6 is 0 Å². The summed E-state index contributed by atoms with van der Waals surface area (Å²) in [6.45, 7) is 0. The Morgan fingerprint density at radius 1 is 0.773 bits per heavy atom. The molecular formula is C15H10F3N3O. The zero-order chi connectivity index (χ0) is 15.7. The van der Waals surface area contributed by atoms with Gasteiger partial charge in [0.15, 0.2) is 0 Å². The molecular weight excluding hydrogens is 295 g/mol. The molecule has 1 aromatic heterocycles. The molecule has 112 valence electrons. The molecule has 0 spiro atoms. The molecule has 0 aliphatic carbocycles. The monoisotopic (exact) mass is 305 g/mol. The van der Waals surface area contributed by atoms with Crippen LogP contribution in [0.5, 0.6) is 0 Å². The minimum atomic E-state index is -4.37. The average molecular weight is 305 g/mol. The first-order chi connectivity index (χ1) is 10.4. The quantitative estimate of drug-likeness (QED) is 0.727. The maximum Gasteiger partial charge on any atom is 0.416 e. The van der Waals surface area contributed by atoms with Crippen molar-refractivity contribution in [2.45, 2.75) is 6.18 Å². The van der Waals surface area contributed by atoms with Gasteiger partial charge in [0, 0.05) is 16.8 Å². The molecule has 0 radical (unpaired) electrons. The number of hydrogen-bond acceptors (Lipinski definition) is 4. The van der Waals surface area contributed by atoms with Gasteiger partial charge in [-0.25, -0.2) is 0 Å². The summed E-state index contributed by atoms with van der Waals surface area (Å²) in [5.74, 6) is 0.426. The third-order valence-electron chi connectivity index (χ3n) is 3.04. The van der Waals surface area contributed by atoms with Crippen molar-refractivity contribution in [1.82, 2.24) is 10.2 Å². The molecule has 0 aliphatic rings. The maximum absolute atomic E-state index is 12.5. The van der Waals surface area contributed by atoms with Gasteiger partial charge in [-0.1, -0.05) is 0 Å². The number of nitrogens with zero attached hydrogens (tertiary/aromatic N) is 2. The molecule has 2 N–H and O–H groups in total. The third-order valence-corrected chi connectivity index (χ3v) is 3.04. The van der Waals surface area contributed by atoms with Gasteiger partial charge in [-0.3, -0.25) is 0 Å². The predicted molar refractivity (Wildman–Crippen MR) is 74.6 cm³/mol. The fraction of sp³-hybridized carbons (Fsp3) is 0.0667. The molecule has 0 fully saturated rings. The Morgan fingerprint density at radius 3 is 1.68 bits per heavy atom. The number of rotatable bonds is 2. The number of nitrogen functional groups attached to an aromatic ring is 1. The van der Waals surface area contributed by atoms with E-state index in [2.05, 4.69) is 10.2 Å². The van der Waals surface area contributed by atoms with Gasteiger partial charge >= 0.3 is 6.18 Å². The van der Waals surface area contributed by atoms with Crippen LogP contribution in [-0.2, 0) is 6.18 Å². The summed E-state index contributed by atoms with van der Waals surface area (Å²) in [7, 11) is 0. The summed E-state index contributed by atoms with van der Waals surface area (Å²) in [4.78, 5) is 0. The number of anilines is 1. The van der Waals surface area contributed by atoms with Crippen LogP contribution in [0.1, 0.15) is 5.56 Å². The van der Waals surface area contributed by atoms with E-state index in [0.717, 1.165) is 12.1 Å². The summed E-state index contributed by atoms with van der Waals surface area (Å²) >= 11 is 0. The van der Waals surface area contributed by atoms with Crippen LogP contribution in [0, 0.1) is 0 Å². The lowest BCUT2D eigenvalue weighted by atomic mass is 10.1. The van der Waals surface area contributed by atoms with Crippen molar-refractivity contribution in [1.29, 1.82) is 0 Å². The predicted octanol–water partition coefficient (Wildman–Crippen LogP) is 4.00. The Morgan fingerprint density at radius 2 is 1.23 bits per heavy atom. The Labute approximate surface area is 123 Å². The molecule has 4 nitrogen and oxygen atoms in total. The minimum Gasteiger partial charge on any atom is -0.416 e. The second-order valence-corrected chi connectivity index (χ2v) is 4.61. The molecule has 0 unspecified atom stereocenters. The van der Waals surface area contributed by atoms with Crippen LogP contribution in [0.15, 0.2) is 52.9 Å². The zero-order valence-corrected chi connectivity index (χ0v) is 11.1. The van der Waals surface area contributed by atoms with Crippen molar-refractivity contribution < 1.29 is 17.6 Å². The molecule has 3 aromatic rings. The van der Waals surface area contributed by atoms with Gasteiger partial charge in [-0.05, 0) is 48.5 Å². The van der Waals surface area contributed by atoms with Gasteiger partial charge in [-0.2, -0.15) is 13.2 Å². The van der Waals surface area contributed by atoms with Crippen LogP contribution in [0.4, 0.5) is 18.9 Å². The highest BCUT2D eigenvalue weighted by atomic mass is 19.4. The summed E-state index contributed by atoms with van der Waals surface area (Å²) in [6.07, 6.45) is -4.37. The van der Waals surface area contributed by atoms with E-state index >= 15 is 0 Å². The highest BCUT2D eigenvalue weighted by Gasteiger charge is 2.30. The molecule has 0 bridgehead atoms. The van der Waals surface area contributed by atoms with Crippen LogP contribution in [0.25, 0.3) is 22.9 Å². The van der Waals surface area contributed by atoms with E-state index in [1.807, 2.05) is 0 Å². The van der Waals surface area contributed by atoms with Gasteiger partial charge in [0.25, 0.3) is 0 Å². The van der Waals surface area contributed by atoms with Crippen LogP contribution < -0.4 is 5.73 Å². The second kappa shape index (κ2) is 5.18. The van der Waals surface area contributed by atoms with E-state index in [1.165, 1.54) is 12.1 Å². The second-order valence-electron chi connectivity index (χ2n) is 4.61. The SMILES string of the molecule is Nc1ccc(-c2nnc(-c3ccc(C(F)(F)F)cc3)o2)cc1. The largest absolute Gasteiger partial charge is 0.416 e. The van der Waals surface area contributed by atoms with Crippen molar-refractivity contribution in [2.24, 2.45) is 0 Å². The molecule has 1 heterocycles. The van der Waals surface area contributed by atoms with Crippen LogP contribution in [0.2, 0.25) is 0 Å². The maximum atomic E-state index is 12.5. The van der Waals surface area contributed by atoms with E-state index in [9.17, 15) is 13.2 Å². The van der Waals surface area contributed by atoms with E-state index in [4.69, 9.17) is 10.2 Å². The summed E-state index contributed by atoms with van der Waals surface area (Å²) in [5, 5.41) is 7.73. The van der Waals surface area contributed by atoms with E-state index in [-0.39, 0.29) is 11.8 Å². The van der Waals surface area contributed by atoms with Crippen molar-refractivity contribution in [3.63, 3.8) is 0 Å². The zero-order valence-electron chi connectivity index (χ0n) is 11.1. The first-order valence-electron chi connectivity index (χ1n) is 6.30. The number of halogens is 3. The fourth-order valence-electron chi connectivity index (χ4n) is 1.88. The number of nitrogens with two attached hydrogens (primary N) is 1. The molecule has 0 aliphatic heterocycles. The molecule has 0 saturated heterocycles. The van der Waals surface area contributed by atoms with Crippen molar-refractivity contribution in [3.8, 4) is 22.9 Å². The lowest BCUT2D eigenvalue weighted by molar-refractivity contribution is -0.137. The molecule has 2 aromatic carbocycles. The lowest BCUT2D eigenvalue weighted by Gasteiger charge is -2.05. The van der Waals surface area contributed by atoms with E-state index in [0.29, 0.717) is 16.8 Å². The lowest BCUT2D eigenvalue weighted by Crippen LogP contribution is -2.03. The van der Waals surface area contributed by atoms with Crippen LogP contribution in [0.3, 0.4) is 0 Å². The number of aromatic nitrogens is 2. The smallest absolute Gasteiger partial charge is 0.416 e. The summed E-state index contributed by atoms with van der Waals surface area (Å²) in [6, 6.07) is 11.4. The first-order valence-corrected chi connectivity index (χ1v) is 6.30. The van der Waals surface area contributed by atoms with Gasteiger partial charge < -0.3 is 10.2 Å². The standard InChI is InChI=1S/C15H10F3N3O/c16-15(17,18)11-5-1-9(2-6-11)13-20-21-14(22-13)10-3-7-12(19)8-4-10/h1-8H,19H2. The van der Waals surface area contributed by atoms with Gasteiger partial charge in [-0.15, -0.1) is 10.2 Å². The van der Waals surface area contributed by atoms with Gasteiger partial charge in [0.1, 0.15) is 0 Å². The summed E-state index contributed by atoms with van der Waals surface area (Å²) in [5.41, 5.74) is 6.57. The van der Waals surface area contributed by atoms with Crippen molar-refractivity contribution in [2.75, 3.05) is 5.73 Å². The van der Waals surface area contributed by atoms with E-state index in [1.54, 1.807) is 24.3 Å². The fourth-order valence-corrected chi connectivity index (χ4v) is 1.88. The Hall–Kier alpha value is -2.83. The number of hydrogen-bond donors (Lipinski definition) is 1. The molecule has 0 atom stereocenters. The van der Waals surface area contributed by atoms with Gasteiger partial charge in [0.05, 0.1) is 5.56 Å². The number of benzene rings is 2. The third kappa shape index (κ3) is 2.78. The van der Waals surface area contributed by atoms with Gasteiger partial charge in [0.2, 0.25) is 11.8 Å². The van der Waals surface area contributed by atoms with Crippen molar-refractivity contribution in [3.05, 3.63) is 54.1 Å². The summed E-state index contributed by atoms with van der Waals surface area (Å²) < 4.78 is 43.0. The normalized spacial score (nSPS) is 11.6. The minimum absolute atomic E-state index is 0.153. The Bertz CT molecular complexity index is 777. The number of alkyl halides is 3. The highest BCUT2D eigenvalue weighted by Crippen LogP contribution is 2.31.